The fourth-order valence-corrected chi connectivity index (χ4v) is 3.06. The summed E-state index contributed by atoms with van der Waals surface area (Å²) in [4.78, 5) is 33.3. The SMILES string of the molecule is O=C(NC(Sc1ccncn1)C(=O)c1ccccc1)c1ccccc1. The van der Waals surface area contributed by atoms with Crippen molar-refractivity contribution in [2.75, 3.05) is 0 Å². The number of ketones is 1. The van der Waals surface area contributed by atoms with Crippen LogP contribution in [0.2, 0.25) is 0 Å². The lowest BCUT2D eigenvalue weighted by Crippen LogP contribution is -2.38. The van der Waals surface area contributed by atoms with Crippen LogP contribution < -0.4 is 5.32 Å². The Morgan fingerprint density at radius 3 is 2.12 bits per heavy atom. The maximum Gasteiger partial charge on any atom is 0.252 e. The van der Waals surface area contributed by atoms with Crippen LogP contribution in [0.4, 0.5) is 0 Å². The summed E-state index contributed by atoms with van der Waals surface area (Å²) >= 11 is 1.18. The molecule has 0 aliphatic rings. The summed E-state index contributed by atoms with van der Waals surface area (Å²) in [6.45, 7) is 0. The number of thioether (sulfide) groups is 1. The van der Waals surface area contributed by atoms with Crippen molar-refractivity contribution < 1.29 is 9.59 Å². The Kier molecular flexibility index (Phi) is 5.53. The number of nitrogens with zero attached hydrogens (tertiary/aromatic N) is 2. The van der Waals surface area contributed by atoms with Crippen LogP contribution in [0.15, 0.2) is 84.3 Å². The van der Waals surface area contributed by atoms with Gasteiger partial charge in [0.15, 0.2) is 5.78 Å². The number of hydrogen-bond acceptors (Lipinski definition) is 5. The van der Waals surface area contributed by atoms with E-state index in [0.717, 1.165) is 0 Å². The minimum absolute atomic E-state index is 0.187. The standard InChI is InChI=1S/C19H15N3O2S/c23-17(14-7-3-1-4-8-14)19(25-16-11-12-20-13-21-16)22-18(24)15-9-5-2-6-10-15/h1-13,19H,(H,22,24). The number of rotatable bonds is 6. The predicted octanol–water partition coefficient (Wildman–Crippen LogP) is 3.21. The molecule has 0 saturated heterocycles. The molecule has 1 unspecified atom stereocenters. The lowest BCUT2D eigenvalue weighted by Gasteiger charge is -2.17. The summed E-state index contributed by atoms with van der Waals surface area (Å²) < 4.78 is 0. The van der Waals surface area contributed by atoms with Crippen molar-refractivity contribution in [3.8, 4) is 0 Å². The zero-order valence-electron chi connectivity index (χ0n) is 13.2. The van der Waals surface area contributed by atoms with Crippen LogP contribution in [-0.2, 0) is 0 Å². The summed E-state index contributed by atoms with van der Waals surface area (Å²) in [7, 11) is 0. The molecule has 124 valence electrons. The van der Waals surface area contributed by atoms with Crippen LogP contribution in [0.1, 0.15) is 20.7 Å². The minimum Gasteiger partial charge on any atom is -0.333 e. The number of hydrogen-bond donors (Lipinski definition) is 1. The monoisotopic (exact) mass is 349 g/mol. The molecule has 0 fully saturated rings. The third kappa shape index (κ3) is 4.51. The number of amides is 1. The number of aromatic nitrogens is 2. The third-order valence-corrected chi connectivity index (χ3v) is 4.44. The molecule has 0 saturated carbocycles. The van der Waals surface area contributed by atoms with Crippen molar-refractivity contribution in [3.05, 3.63) is 90.4 Å². The van der Waals surface area contributed by atoms with Gasteiger partial charge in [0.1, 0.15) is 16.7 Å². The molecule has 0 radical (unpaired) electrons. The lowest BCUT2D eigenvalue weighted by molar-refractivity contribution is 0.0892. The molecule has 3 aromatic rings. The van der Waals surface area contributed by atoms with E-state index in [9.17, 15) is 9.59 Å². The Morgan fingerprint density at radius 2 is 1.52 bits per heavy atom. The van der Waals surface area contributed by atoms with Gasteiger partial charge in [-0.3, -0.25) is 9.59 Å². The van der Waals surface area contributed by atoms with E-state index < -0.39 is 5.37 Å². The maximum absolute atomic E-state index is 12.8. The van der Waals surface area contributed by atoms with Crippen molar-refractivity contribution >= 4 is 23.5 Å². The Labute approximate surface area is 149 Å². The lowest BCUT2D eigenvalue weighted by atomic mass is 10.1. The highest BCUT2D eigenvalue weighted by atomic mass is 32.2. The molecule has 6 heteroatoms. The van der Waals surface area contributed by atoms with E-state index in [2.05, 4.69) is 15.3 Å². The predicted molar refractivity (Wildman–Crippen MR) is 96.4 cm³/mol. The maximum atomic E-state index is 12.8. The number of Topliss-reactive ketones (excluding diaryl/α,β-unsaturated/α-hetero) is 1. The molecule has 0 spiro atoms. The fraction of sp³-hybridized carbons (Fsp3) is 0.0526. The molecular weight excluding hydrogens is 334 g/mol. The van der Waals surface area contributed by atoms with Gasteiger partial charge in [-0.1, -0.05) is 60.3 Å². The van der Waals surface area contributed by atoms with Crippen molar-refractivity contribution in [3.63, 3.8) is 0 Å². The van der Waals surface area contributed by atoms with Gasteiger partial charge >= 0.3 is 0 Å². The molecule has 25 heavy (non-hydrogen) atoms. The summed E-state index contributed by atoms with van der Waals surface area (Å²) in [5.41, 5.74) is 1.03. The van der Waals surface area contributed by atoms with Crippen LogP contribution in [0.25, 0.3) is 0 Å². The normalized spacial score (nSPS) is 11.5. The molecule has 1 atom stereocenters. The molecular formula is C19H15N3O2S. The van der Waals surface area contributed by atoms with E-state index in [4.69, 9.17) is 0 Å². The van der Waals surface area contributed by atoms with Gasteiger partial charge in [-0.2, -0.15) is 0 Å². The zero-order valence-corrected chi connectivity index (χ0v) is 14.0. The summed E-state index contributed by atoms with van der Waals surface area (Å²) in [6.07, 6.45) is 3.00. The van der Waals surface area contributed by atoms with Crippen molar-refractivity contribution in [1.82, 2.24) is 15.3 Å². The molecule has 2 aromatic carbocycles. The number of nitrogens with one attached hydrogen (secondary N) is 1. The Balaban J connectivity index is 1.83. The molecule has 1 heterocycles. The van der Waals surface area contributed by atoms with Crippen molar-refractivity contribution in [1.29, 1.82) is 0 Å². The van der Waals surface area contributed by atoms with Crippen molar-refractivity contribution in [2.45, 2.75) is 10.4 Å². The Morgan fingerprint density at radius 1 is 0.880 bits per heavy atom. The highest BCUT2D eigenvalue weighted by Crippen LogP contribution is 2.22. The van der Waals surface area contributed by atoms with E-state index in [0.29, 0.717) is 16.2 Å². The Hall–Kier alpha value is -2.99. The quantitative estimate of drug-likeness (QED) is 0.320. The topological polar surface area (TPSA) is 72.0 Å². The number of benzene rings is 2. The van der Waals surface area contributed by atoms with Gasteiger partial charge in [0, 0.05) is 17.3 Å². The van der Waals surface area contributed by atoms with E-state index in [-0.39, 0.29) is 11.7 Å². The smallest absolute Gasteiger partial charge is 0.252 e. The van der Waals surface area contributed by atoms with E-state index in [1.54, 1.807) is 60.8 Å². The molecule has 0 aliphatic heterocycles. The van der Waals surface area contributed by atoms with Gasteiger partial charge < -0.3 is 5.32 Å². The van der Waals surface area contributed by atoms with Gasteiger partial charge in [0.05, 0.1) is 0 Å². The van der Waals surface area contributed by atoms with Gasteiger partial charge in [0.25, 0.3) is 5.91 Å². The first-order valence-corrected chi connectivity index (χ1v) is 8.50. The summed E-state index contributed by atoms with van der Waals surface area (Å²) in [5, 5.41) is 2.62. The fourth-order valence-electron chi connectivity index (χ4n) is 2.16. The molecule has 1 aromatic heterocycles. The average molecular weight is 349 g/mol. The Bertz CT molecular complexity index is 842. The second kappa shape index (κ2) is 8.21. The van der Waals surface area contributed by atoms with Gasteiger partial charge in [0.2, 0.25) is 0 Å². The first-order chi connectivity index (χ1) is 12.2. The molecule has 0 bridgehead atoms. The largest absolute Gasteiger partial charge is 0.333 e. The highest BCUT2D eigenvalue weighted by molar-refractivity contribution is 8.00. The minimum atomic E-state index is -0.787. The molecule has 1 amide bonds. The number of carbonyl (C=O) groups is 2. The average Bonchev–Trinajstić information content (AvgIpc) is 2.69. The van der Waals surface area contributed by atoms with Crippen LogP contribution in [0, 0.1) is 0 Å². The second-order valence-electron chi connectivity index (χ2n) is 5.12. The molecule has 3 rings (SSSR count). The van der Waals surface area contributed by atoms with Gasteiger partial charge in [-0.05, 0) is 18.2 Å². The van der Waals surface area contributed by atoms with Crippen LogP contribution in [0.5, 0.6) is 0 Å². The van der Waals surface area contributed by atoms with E-state index in [1.807, 2.05) is 12.1 Å². The van der Waals surface area contributed by atoms with Gasteiger partial charge in [-0.25, -0.2) is 9.97 Å². The van der Waals surface area contributed by atoms with Crippen LogP contribution >= 0.6 is 11.8 Å². The zero-order chi connectivity index (χ0) is 17.5. The number of carbonyl (C=O) groups excluding carboxylic acids is 2. The van der Waals surface area contributed by atoms with Crippen LogP contribution in [0.3, 0.4) is 0 Å². The van der Waals surface area contributed by atoms with E-state index in [1.165, 1.54) is 18.1 Å². The first kappa shape index (κ1) is 16.9. The third-order valence-electron chi connectivity index (χ3n) is 3.39. The summed E-state index contributed by atoms with van der Waals surface area (Å²) in [6, 6.07) is 19.4. The molecule has 1 N–H and O–H groups in total. The first-order valence-electron chi connectivity index (χ1n) is 7.62. The van der Waals surface area contributed by atoms with Crippen molar-refractivity contribution in [2.24, 2.45) is 0 Å². The second-order valence-corrected chi connectivity index (χ2v) is 6.24. The molecule has 5 nitrogen and oxygen atoms in total. The highest BCUT2D eigenvalue weighted by Gasteiger charge is 2.24. The molecule has 0 aliphatic carbocycles. The van der Waals surface area contributed by atoms with Gasteiger partial charge in [-0.15, -0.1) is 0 Å². The summed E-state index contributed by atoms with van der Waals surface area (Å²) in [5.74, 6) is -0.495. The van der Waals surface area contributed by atoms with Crippen LogP contribution in [-0.4, -0.2) is 27.0 Å². The van der Waals surface area contributed by atoms with E-state index >= 15 is 0 Å².